The minimum absolute atomic E-state index is 0.130. The highest BCUT2D eigenvalue weighted by Gasteiger charge is 2.55. The number of ether oxygens (including phenoxy) is 10. The summed E-state index contributed by atoms with van der Waals surface area (Å²) in [7, 11) is 4.23. The molecule has 0 amide bonds. The van der Waals surface area contributed by atoms with Crippen LogP contribution in [0.2, 0.25) is 0 Å². The van der Waals surface area contributed by atoms with Crippen molar-refractivity contribution in [1.82, 2.24) is 0 Å². The molecule has 0 bridgehead atoms. The van der Waals surface area contributed by atoms with Gasteiger partial charge in [-0.15, -0.1) is 0 Å². The molecule has 0 unspecified atom stereocenters. The van der Waals surface area contributed by atoms with Gasteiger partial charge in [0.1, 0.15) is 37.1 Å². The van der Waals surface area contributed by atoms with Gasteiger partial charge >= 0.3 is 23.9 Å². The van der Waals surface area contributed by atoms with E-state index in [9.17, 15) is 24.3 Å². The predicted octanol–water partition coefficient (Wildman–Crippen LogP) is 4.02. The lowest BCUT2D eigenvalue weighted by Gasteiger charge is -2.46. The van der Waals surface area contributed by atoms with E-state index in [4.69, 9.17) is 47.4 Å². The Hall–Kier alpha value is -5.52. The Bertz CT molecular complexity index is 1930. The highest BCUT2D eigenvalue weighted by atomic mass is 16.7. The minimum atomic E-state index is -1.63. The standard InChI is InChI=1S/C43H44O15/c1-49-32-30(54-42(48)36(51-3)34(32)50-2)25-53-43-37(58-41(47)29-22-14-7-15-23-29)35(57-40(46)28-20-12-6-13-21-28)33(56-39(45)27-18-10-5-11-19-27)31(55-43)24-52-38(44)26-16-8-4-9-17-26/h4-23,30-37,42-43,48H,24-25H2,1-3H3/t30-,31-,32-,33-,34+,35+,36-,37+,42+,43+/m1/s1. The monoisotopic (exact) mass is 800 g/mol. The third kappa shape index (κ3) is 10.1. The SMILES string of the molecule is CO[C@@H]1[C@@H](OC)[C@@H](O)O[C@H](CO[C@H]2O[C@H](COC(=O)c3ccccc3)[C@@H](OC(=O)c3ccccc3)[C@H](OC(=O)c3ccccc3)[C@@H]2OC(=O)c2ccccc2)[C@H]1OC. The van der Waals surface area contributed by atoms with Gasteiger partial charge in [-0.25, -0.2) is 19.2 Å². The number of carbonyl (C=O) groups is 4. The van der Waals surface area contributed by atoms with Crippen LogP contribution in [0.15, 0.2) is 121 Å². The quantitative estimate of drug-likeness (QED) is 0.134. The van der Waals surface area contributed by atoms with Crippen LogP contribution in [-0.2, 0) is 47.4 Å². The number of aliphatic hydroxyl groups excluding tert-OH is 1. The minimum Gasteiger partial charge on any atom is -0.459 e. The number of rotatable bonds is 15. The summed E-state index contributed by atoms with van der Waals surface area (Å²) in [4.78, 5) is 54.7. The lowest BCUT2D eigenvalue weighted by Crippen LogP contribution is -2.64. The van der Waals surface area contributed by atoms with Crippen molar-refractivity contribution in [2.24, 2.45) is 0 Å². The van der Waals surface area contributed by atoms with Gasteiger partial charge in [-0.3, -0.25) is 0 Å². The van der Waals surface area contributed by atoms with Crippen LogP contribution in [0.5, 0.6) is 0 Å². The van der Waals surface area contributed by atoms with E-state index in [1.807, 2.05) is 0 Å². The molecule has 2 fully saturated rings. The van der Waals surface area contributed by atoms with E-state index in [2.05, 4.69) is 0 Å². The Balaban J connectivity index is 1.40. The highest BCUT2D eigenvalue weighted by Crippen LogP contribution is 2.33. The van der Waals surface area contributed by atoms with Gasteiger partial charge in [-0.2, -0.15) is 0 Å². The summed E-state index contributed by atoms with van der Waals surface area (Å²) in [5.74, 6) is -3.28. The van der Waals surface area contributed by atoms with Gasteiger partial charge in [0.15, 0.2) is 30.9 Å². The maximum atomic E-state index is 13.9. The zero-order valence-electron chi connectivity index (χ0n) is 31.9. The van der Waals surface area contributed by atoms with E-state index < -0.39 is 91.9 Å². The molecule has 2 aliphatic rings. The van der Waals surface area contributed by atoms with Gasteiger partial charge in [-0.1, -0.05) is 72.8 Å². The molecule has 1 N–H and O–H groups in total. The van der Waals surface area contributed by atoms with E-state index in [-0.39, 0.29) is 28.9 Å². The fraction of sp³-hybridized carbons (Fsp3) is 0.349. The van der Waals surface area contributed by atoms with E-state index in [1.165, 1.54) is 57.7 Å². The van der Waals surface area contributed by atoms with Gasteiger partial charge in [0.25, 0.3) is 0 Å². The lowest BCUT2D eigenvalue weighted by molar-refractivity contribution is -0.329. The molecule has 0 saturated carbocycles. The maximum absolute atomic E-state index is 13.9. The average Bonchev–Trinajstić information content (AvgIpc) is 3.27. The van der Waals surface area contributed by atoms with Crippen molar-refractivity contribution in [2.45, 2.75) is 61.4 Å². The number of aliphatic hydroxyl groups is 1. The van der Waals surface area contributed by atoms with Crippen molar-refractivity contribution < 1.29 is 71.7 Å². The second-order valence-corrected chi connectivity index (χ2v) is 13.2. The van der Waals surface area contributed by atoms with Crippen molar-refractivity contribution >= 4 is 23.9 Å². The van der Waals surface area contributed by atoms with Crippen LogP contribution in [0, 0.1) is 0 Å². The highest BCUT2D eigenvalue weighted by molar-refractivity contribution is 5.91. The van der Waals surface area contributed by atoms with Crippen LogP contribution in [0.4, 0.5) is 0 Å². The smallest absolute Gasteiger partial charge is 0.338 e. The zero-order chi connectivity index (χ0) is 41.0. The molecule has 58 heavy (non-hydrogen) atoms. The molecule has 6 rings (SSSR count). The first-order valence-electron chi connectivity index (χ1n) is 18.4. The Morgan fingerprint density at radius 1 is 0.466 bits per heavy atom. The molecule has 4 aromatic carbocycles. The van der Waals surface area contributed by atoms with Gasteiger partial charge in [0, 0.05) is 21.3 Å². The third-order valence-corrected chi connectivity index (χ3v) is 9.59. The van der Waals surface area contributed by atoms with Crippen LogP contribution in [0.25, 0.3) is 0 Å². The Morgan fingerprint density at radius 2 is 0.862 bits per heavy atom. The largest absolute Gasteiger partial charge is 0.459 e. The zero-order valence-corrected chi connectivity index (χ0v) is 31.9. The second kappa shape index (κ2) is 20.3. The number of benzene rings is 4. The molecule has 15 heteroatoms. The average molecular weight is 801 g/mol. The molecule has 306 valence electrons. The van der Waals surface area contributed by atoms with Crippen LogP contribution in [0.1, 0.15) is 41.4 Å². The van der Waals surface area contributed by atoms with Crippen molar-refractivity contribution in [3.63, 3.8) is 0 Å². The van der Waals surface area contributed by atoms with Crippen molar-refractivity contribution in [1.29, 1.82) is 0 Å². The van der Waals surface area contributed by atoms with Gasteiger partial charge < -0.3 is 52.5 Å². The van der Waals surface area contributed by atoms with Crippen LogP contribution >= 0.6 is 0 Å². The molecule has 2 heterocycles. The number of esters is 4. The van der Waals surface area contributed by atoms with Crippen molar-refractivity contribution in [2.75, 3.05) is 34.5 Å². The summed E-state index contributed by atoms with van der Waals surface area (Å²) in [5.41, 5.74) is 0.641. The normalized spacial score (nSPS) is 26.8. The Kier molecular flexibility index (Phi) is 14.7. The van der Waals surface area contributed by atoms with E-state index in [1.54, 1.807) is 84.9 Å². The van der Waals surface area contributed by atoms with Gasteiger partial charge in [0.05, 0.1) is 28.9 Å². The lowest BCUT2D eigenvalue weighted by atomic mass is 9.97. The third-order valence-electron chi connectivity index (χ3n) is 9.59. The van der Waals surface area contributed by atoms with Crippen LogP contribution < -0.4 is 0 Å². The number of hydrogen-bond donors (Lipinski definition) is 1. The van der Waals surface area contributed by atoms with E-state index in [0.717, 1.165) is 0 Å². The summed E-state index contributed by atoms with van der Waals surface area (Å²) >= 11 is 0. The van der Waals surface area contributed by atoms with Gasteiger partial charge in [0.2, 0.25) is 0 Å². The summed E-state index contributed by atoms with van der Waals surface area (Å²) in [5, 5.41) is 10.8. The first-order chi connectivity index (χ1) is 28.2. The van der Waals surface area contributed by atoms with E-state index in [0.29, 0.717) is 0 Å². The topological polar surface area (TPSA) is 181 Å². The fourth-order valence-corrected chi connectivity index (χ4v) is 6.68. The summed E-state index contributed by atoms with van der Waals surface area (Å²) in [6.45, 7) is -0.917. The van der Waals surface area contributed by atoms with E-state index >= 15 is 0 Å². The molecular weight excluding hydrogens is 756 g/mol. The molecule has 0 spiro atoms. The fourth-order valence-electron chi connectivity index (χ4n) is 6.68. The van der Waals surface area contributed by atoms with Crippen LogP contribution in [0.3, 0.4) is 0 Å². The number of methoxy groups -OCH3 is 3. The molecule has 2 saturated heterocycles. The molecule has 0 aliphatic carbocycles. The molecule has 2 aliphatic heterocycles. The molecule has 15 nitrogen and oxygen atoms in total. The summed E-state index contributed by atoms with van der Waals surface area (Å²) in [6.07, 6.45) is -12.8. The number of carbonyl (C=O) groups excluding carboxylic acids is 4. The molecule has 4 aromatic rings. The van der Waals surface area contributed by atoms with Crippen LogP contribution in [-0.4, -0.2) is 125 Å². The van der Waals surface area contributed by atoms with Crippen molar-refractivity contribution in [3.8, 4) is 0 Å². The first kappa shape index (κ1) is 42.1. The summed E-state index contributed by atoms with van der Waals surface area (Å²) in [6, 6.07) is 32.2. The molecular formula is C43H44O15. The molecule has 0 aromatic heterocycles. The molecule has 10 atom stereocenters. The Morgan fingerprint density at radius 3 is 1.31 bits per heavy atom. The Labute approximate surface area is 334 Å². The molecule has 0 radical (unpaired) electrons. The first-order valence-corrected chi connectivity index (χ1v) is 18.4. The maximum Gasteiger partial charge on any atom is 0.338 e. The second-order valence-electron chi connectivity index (χ2n) is 13.2. The van der Waals surface area contributed by atoms with Gasteiger partial charge in [-0.05, 0) is 48.5 Å². The van der Waals surface area contributed by atoms with Crippen molar-refractivity contribution in [3.05, 3.63) is 144 Å². The number of hydrogen-bond acceptors (Lipinski definition) is 15. The summed E-state index contributed by atoms with van der Waals surface area (Å²) < 4.78 is 59.2. The predicted molar refractivity (Wildman–Crippen MR) is 202 cm³/mol.